The molecule has 0 aliphatic heterocycles. The van der Waals surface area contributed by atoms with Crippen LogP contribution in [-0.4, -0.2) is 30.9 Å². The van der Waals surface area contributed by atoms with Crippen molar-refractivity contribution >= 4 is 5.97 Å². The van der Waals surface area contributed by atoms with Gasteiger partial charge in [0.1, 0.15) is 0 Å². The van der Waals surface area contributed by atoms with E-state index >= 15 is 0 Å². The van der Waals surface area contributed by atoms with Crippen molar-refractivity contribution in [2.45, 2.75) is 25.6 Å². The fourth-order valence-corrected chi connectivity index (χ4v) is 1.57. The Bertz CT molecular complexity index is 337. The summed E-state index contributed by atoms with van der Waals surface area (Å²) in [6.45, 7) is 1.97. The second-order valence-corrected chi connectivity index (χ2v) is 3.64. The van der Waals surface area contributed by atoms with Crippen LogP contribution in [0.4, 0.5) is 0 Å². The lowest BCUT2D eigenvalue weighted by Gasteiger charge is -2.18. The highest BCUT2D eigenvalue weighted by atomic mass is 16.5. The summed E-state index contributed by atoms with van der Waals surface area (Å²) in [4.78, 5) is 11.3. The van der Waals surface area contributed by atoms with Crippen molar-refractivity contribution in [1.82, 2.24) is 0 Å². The zero-order chi connectivity index (χ0) is 12.7. The lowest BCUT2D eigenvalue weighted by Crippen LogP contribution is -2.25. The van der Waals surface area contributed by atoms with Crippen molar-refractivity contribution in [3.8, 4) is 0 Å². The van der Waals surface area contributed by atoms with Gasteiger partial charge in [-0.15, -0.1) is 0 Å². The molecule has 0 saturated heterocycles. The average molecular weight is 238 g/mol. The zero-order valence-electron chi connectivity index (χ0n) is 10.1. The Balaban J connectivity index is 2.61. The van der Waals surface area contributed by atoms with Crippen LogP contribution in [0.1, 0.15) is 25.0 Å². The number of aliphatic hydroxyl groups is 1. The molecule has 0 bridgehead atoms. The van der Waals surface area contributed by atoms with Crippen LogP contribution in [0.2, 0.25) is 0 Å². The van der Waals surface area contributed by atoms with Crippen molar-refractivity contribution in [3.63, 3.8) is 0 Å². The van der Waals surface area contributed by atoms with Crippen molar-refractivity contribution in [2.75, 3.05) is 13.7 Å². The molecule has 1 aromatic carbocycles. The Morgan fingerprint density at radius 2 is 2.00 bits per heavy atom. The highest BCUT2D eigenvalue weighted by molar-refractivity contribution is 5.74. The molecule has 0 amide bonds. The molecule has 0 fully saturated rings. The summed E-state index contributed by atoms with van der Waals surface area (Å²) in [5.41, 5.74) is 0.929. The molecule has 1 aromatic rings. The van der Waals surface area contributed by atoms with Gasteiger partial charge in [0.05, 0.1) is 12.7 Å². The molecule has 0 spiro atoms. The van der Waals surface area contributed by atoms with Crippen molar-refractivity contribution in [2.24, 2.45) is 0 Å². The molecule has 0 radical (unpaired) electrons. The predicted molar refractivity (Wildman–Crippen MR) is 63.4 cm³/mol. The van der Waals surface area contributed by atoms with E-state index in [2.05, 4.69) is 0 Å². The number of esters is 1. The maximum absolute atomic E-state index is 11.3. The predicted octanol–water partition coefficient (Wildman–Crippen LogP) is 1.69. The molecule has 4 heteroatoms. The Hall–Kier alpha value is -1.39. The van der Waals surface area contributed by atoms with Gasteiger partial charge in [-0.25, -0.2) is 4.79 Å². The van der Waals surface area contributed by atoms with Gasteiger partial charge in [-0.1, -0.05) is 30.3 Å². The third kappa shape index (κ3) is 4.17. The lowest BCUT2D eigenvalue weighted by atomic mass is 10.0. The summed E-state index contributed by atoms with van der Waals surface area (Å²) in [5, 5.41) is 9.66. The monoisotopic (exact) mass is 238 g/mol. The van der Waals surface area contributed by atoms with E-state index in [0.717, 1.165) is 5.56 Å². The summed E-state index contributed by atoms with van der Waals surface area (Å²) in [7, 11) is 1.55. The second-order valence-electron chi connectivity index (χ2n) is 3.64. The van der Waals surface area contributed by atoms with Crippen LogP contribution in [0.15, 0.2) is 30.3 Å². The first-order valence-corrected chi connectivity index (χ1v) is 5.61. The summed E-state index contributed by atoms with van der Waals surface area (Å²) in [6.07, 6.45) is -1.27. The summed E-state index contributed by atoms with van der Waals surface area (Å²) in [6, 6.07) is 9.46. The SMILES string of the molecule is CCOC(=O)C(O)CC(OC)c1ccccc1. The molecule has 2 unspecified atom stereocenters. The Morgan fingerprint density at radius 1 is 1.35 bits per heavy atom. The maximum Gasteiger partial charge on any atom is 0.335 e. The van der Waals surface area contributed by atoms with Crippen LogP contribution in [0.25, 0.3) is 0 Å². The normalized spacial score (nSPS) is 14.1. The molecule has 1 N–H and O–H groups in total. The molecular weight excluding hydrogens is 220 g/mol. The number of carbonyl (C=O) groups is 1. The fraction of sp³-hybridized carbons (Fsp3) is 0.462. The van der Waals surface area contributed by atoms with E-state index in [-0.39, 0.29) is 19.1 Å². The van der Waals surface area contributed by atoms with Gasteiger partial charge in [-0.2, -0.15) is 0 Å². The standard InChI is InChI=1S/C13H18O4/c1-3-17-13(15)11(14)9-12(16-2)10-7-5-4-6-8-10/h4-8,11-12,14H,3,9H2,1-2H3. The summed E-state index contributed by atoms with van der Waals surface area (Å²) in [5.74, 6) is -0.606. The van der Waals surface area contributed by atoms with Crippen molar-refractivity contribution < 1.29 is 19.4 Å². The minimum Gasteiger partial charge on any atom is -0.464 e. The Kier molecular flexibility index (Phi) is 5.66. The van der Waals surface area contributed by atoms with Crippen LogP contribution in [0.5, 0.6) is 0 Å². The molecule has 0 aliphatic carbocycles. The van der Waals surface area contributed by atoms with Gasteiger partial charge in [-0.05, 0) is 12.5 Å². The molecule has 0 aliphatic rings. The van der Waals surface area contributed by atoms with Gasteiger partial charge < -0.3 is 14.6 Å². The molecule has 4 nitrogen and oxygen atoms in total. The number of hydrogen-bond acceptors (Lipinski definition) is 4. The van der Waals surface area contributed by atoms with Crippen LogP contribution in [-0.2, 0) is 14.3 Å². The summed E-state index contributed by atoms with van der Waals surface area (Å²) < 4.78 is 10.0. The van der Waals surface area contributed by atoms with Gasteiger partial charge in [0.2, 0.25) is 0 Å². The summed E-state index contributed by atoms with van der Waals surface area (Å²) >= 11 is 0. The molecule has 0 saturated carbocycles. The van der Waals surface area contributed by atoms with Crippen molar-refractivity contribution in [3.05, 3.63) is 35.9 Å². The first-order chi connectivity index (χ1) is 8.19. The molecule has 0 aromatic heterocycles. The smallest absolute Gasteiger partial charge is 0.335 e. The van der Waals surface area contributed by atoms with Crippen LogP contribution in [0.3, 0.4) is 0 Å². The van der Waals surface area contributed by atoms with Gasteiger partial charge in [0, 0.05) is 13.5 Å². The third-order valence-electron chi connectivity index (χ3n) is 2.45. The number of ether oxygens (including phenoxy) is 2. The van der Waals surface area contributed by atoms with E-state index in [0.29, 0.717) is 0 Å². The number of methoxy groups -OCH3 is 1. The topological polar surface area (TPSA) is 55.8 Å². The van der Waals surface area contributed by atoms with Crippen LogP contribution in [0, 0.1) is 0 Å². The van der Waals surface area contributed by atoms with E-state index in [1.165, 1.54) is 0 Å². The number of carbonyl (C=O) groups excluding carboxylic acids is 1. The number of aliphatic hydroxyl groups excluding tert-OH is 1. The Labute approximate surface area is 101 Å². The maximum atomic E-state index is 11.3. The first-order valence-electron chi connectivity index (χ1n) is 5.61. The molecule has 1 rings (SSSR count). The van der Waals surface area contributed by atoms with Crippen LogP contribution >= 0.6 is 0 Å². The van der Waals surface area contributed by atoms with Gasteiger partial charge in [0.25, 0.3) is 0 Å². The zero-order valence-corrected chi connectivity index (χ0v) is 10.1. The molecule has 94 valence electrons. The van der Waals surface area contributed by atoms with Crippen molar-refractivity contribution in [1.29, 1.82) is 0 Å². The quantitative estimate of drug-likeness (QED) is 0.766. The molecule has 2 atom stereocenters. The Morgan fingerprint density at radius 3 is 2.53 bits per heavy atom. The minimum absolute atomic E-state index is 0.194. The third-order valence-corrected chi connectivity index (χ3v) is 2.45. The first kappa shape index (κ1) is 13.7. The highest BCUT2D eigenvalue weighted by Gasteiger charge is 2.22. The number of benzene rings is 1. The van der Waals surface area contributed by atoms with Gasteiger partial charge in [-0.3, -0.25) is 0 Å². The van der Waals surface area contributed by atoms with Crippen LogP contribution < -0.4 is 0 Å². The van der Waals surface area contributed by atoms with Gasteiger partial charge >= 0.3 is 5.97 Å². The van der Waals surface area contributed by atoms with E-state index in [4.69, 9.17) is 9.47 Å². The van der Waals surface area contributed by atoms with E-state index in [1.807, 2.05) is 30.3 Å². The number of rotatable bonds is 6. The number of hydrogen-bond donors (Lipinski definition) is 1. The molecule has 17 heavy (non-hydrogen) atoms. The molecular formula is C13H18O4. The minimum atomic E-state index is -1.15. The molecule has 0 heterocycles. The van der Waals surface area contributed by atoms with E-state index in [1.54, 1.807) is 14.0 Å². The van der Waals surface area contributed by atoms with Gasteiger partial charge in [0.15, 0.2) is 6.10 Å². The van der Waals surface area contributed by atoms with E-state index < -0.39 is 12.1 Å². The largest absolute Gasteiger partial charge is 0.464 e. The van der Waals surface area contributed by atoms with E-state index in [9.17, 15) is 9.90 Å². The highest BCUT2D eigenvalue weighted by Crippen LogP contribution is 2.22. The average Bonchev–Trinajstić information content (AvgIpc) is 2.37. The second kappa shape index (κ2) is 7.04. The lowest BCUT2D eigenvalue weighted by molar-refractivity contribution is -0.154. The fourth-order valence-electron chi connectivity index (χ4n) is 1.57.